The van der Waals surface area contributed by atoms with E-state index >= 15 is 0 Å². The Labute approximate surface area is 203 Å². The van der Waals surface area contributed by atoms with Crippen LogP contribution in [0.4, 0.5) is 5.69 Å². The molecule has 174 valence electrons. The van der Waals surface area contributed by atoms with Crippen LogP contribution in [0, 0.1) is 6.92 Å². The number of carbonyl (C=O) groups is 2. The van der Waals surface area contributed by atoms with Gasteiger partial charge in [0.2, 0.25) is 0 Å². The molecule has 2 aliphatic rings. The molecule has 1 spiro atoms. The van der Waals surface area contributed by atoms with Gasteiger partial charge in [0.25, 0.3) is 11.8 Å². The number of aryl methyl sites for hydroxylation is 1. The number of ether oxygens (including phenoxy) is 2. The van der Waals surface area contributed by atoms with Crippen molar-refractivity contribution in [1.29, 1.82) is 0 Å². The number of rotatable bonds is 5. The number of benzene rings is 3. The Bertz CT molecular complexity index is 1260. The van der Waals surface area contributed by atoms with Gasteiger partial charge in [-0.2, -0.15) is 0 Å². The largest absolute Gasteiger partial charge is 0.497 e. The minimum absolute atomic E-state index is 0.102. The van der Waals surface area contributed by atoms with Gasteiger partial charge < -0.3 is 19.3 Å². The molecule has 3 aromatic carbocycles. The van der Waals surface area contributed by atoms with Crippen LogP contribution in [0.1, 0.15) is 27.0 Å². The number of amides is 2. The van der Waals surface area contributed by atoms with E-state index in [0.717, 1.165) is 16.8 Å². The average Bonchev–Trinajstić information content (AvgIpc) is 3.41. The minimum atomic E-state index is -1.13. The normalized spacial score (nSPS) is 19.0. The van der Waals surface area contributed by atoms with Gasteiger partial charge in [0.05, 0.1) is 26.5 Å². The van der Waals surface area contributed by atoms with Gasteiger partial charge in [-0.25, -0.2) is 0 Å². The highest BCUT2D eigenvalue weighted by Gasteiger charge is 2.59. The van der Waals surface area contributed by atoms with Crippen molar-refractivity contribution in [2.45, 2.75) is 18.3 Å². The van der Waals surface area contributed by atoms with Gasteiger partial charge in [-0.1, -0.05) is 35.9 Å². The van der Waals surface area contributed by atoms with Crippen LogP contribution in [0.25, 0.3) is 0 Å². The average molecular weight is 475 g/mol. The van der Waals surface area contributed by atoms with Gasteiger partial charge in [-0.3, -0.25) is 9.59 Å². The van der Waals surface area contributed by atoms with Crippen molar-refractivity contribution < 1.29 is 19.1 Å². The molecule has 1 saturated heterocycles. The molecule has 0 aliphatic carbocycles. The summed E-state index contributed by atoms with van der Waals surface area (Å²) in [5.74, 6) is 1.63. The molecule has 1 fully saturated rings. The van der Waals surface area contributed by atoms with E-state index in [1.54, 1.807) is 48.3 Å². The summed E-state index contributed by atoms with van der Waals surface area (Å²) in [7, 11) is 3.18. The maximum absolute atomic E-state index is 14.2. The van der Waals surface area contributed by atoms with E-state index in [4.69, 9.17) is 9.47 Å². The van der Waals surface area contributed by atoms with Crippen molar-refractivity contribution >= 4 is 29.3 Å². The first-order chi connectivity index (χ1) is 16.5. The zero-order valence-corrected chi connectivity index (χ0v) is 20.2. The van der Waals surface area contributed by atoms with E-state index in [2.05, 4.69) is 0 Å². The van der Waals surface area contributed by atoms with Crippen LogP contribution < -0.4 is 14.4 Å². The van der Waals surface area contributed by atoms with Crippen LogP contribution in [0.3, 0.4) is 0 Å². The number of thioether (sulfide) groups is 1. The highest BCUT2D eigenvalue weighted by Crippen LogP contribution is 2.55. The number of carbonyl (C=O) groups excluding carboxylic acids is 2. The predicted octanol–water partition coefficient (Wildman–Crippen LogP) is 4.60. The molecule has 0 saturated carbocycles. The molecule has 7 heteroatoms. The third-order valence-corrected chi connectivity index (χ3v) is 7.84. The van der Waals surface area contributed by atoms with E-state index < -0.39 is 4.87 Å². The Hall–Kier alpha value is -3.45. The molecule has 0 radical (unpaired) electrons. The summed E-state index contributed by atoms with van der Waals surface area (Å²) in [6.07, 6.45) is 0. The van der Waals surface area contributed by atoms with Gasteiger partial charge >= 0.3 is 0 Å². The molecular formula is C27H26N2O4S. The lowest BCUT2D eigenvalue weighted by Gasteiger charge is -2.33. The number of fused-ring (bicyclic) bond motifs is 2. The quantitative estimate of drug-likeness (QED) is 0.541. The first-order valence-corrected chi connectivity index (χ1v) is 12.1. The monoisotopic (exact) mass is 474 g/mol. The van der Waals surface area contributed by atoms with E-state index in [1.165, 1.54) is 17.3 Å². The molecule has 0 N–H and O–H groups in total. The number of anilines is 1. The van der Waals surface area contributed by atoms with Crippen LogP contribution in [0.15, 0.2) is 66.7 Å². The van der Waals surface area contributed by atoms with E-state index in [9.17, 15) is 9.59 Å². The number of hydrogen-bond donors (Lipinski definition) is 0. The molecule has 2 heterocycles. The van der Waals surface area contributed by atoms with Gasteiger partial charge in [-0.15, -0.1) is 11.8 Å². The Morgan fingerprint density at radius 3 is 2.47 bits per heavy atom. The van der Waals surface area contributed by atoms with Gasteiger partial charge in [-0.05, 0) is 48.9 Å². The second-order valence-corrected chi connectivity index (χ2v) is 9.73. The lowest BCUT2D eigenvalue weighted by Crippen LogP contribution is -2.50. The van der Waals surface area contributed by atoms with Gasteiger partial charge in [0, 0.05) is 23.4 Å². The number of methoxy groups -OCH3 is 2. The van der Waals surface area contributed by atoms with Crippen molar-refractivity contribution in [2.24, 2.45) is 0 Å². The molecule has 2 amide bonds. The summed E-state index contributed by atoms with van der Waals surface area (Å²) < 4.78 is 10.8. The van der Waals surface area contributed by atoms with Crippen LogP contribution in [-0.4, -0.2) is 43.2 Å². The standard InChI is InChI=1S/C27H26N2O4S/c1-18-7-9-19(10-8-18)17-28-24-12-11-22(33-3)16-23(24)27(26(28)31)29(13-14-34-27)25(30)20-5-4-6-21(15-20)32-2/h4-12,15-16H,13-14,17H2,1-3H3. The molecule has 0 aromatic heterocycles. The molecule has 1 unspecified atom stereocenters. The van der Waals surface area contributed by atoms with E-state index in [0.29, 0.717) is 35.9 Å². The van der Waals surface area contributed by atoms with Crippen LogP contribution in [-0.2, 0) is 16.2 Å². The smallest absolute Gasteiger partial charge is 0.268 e. The molecule has 0 bridgehead atoms. The fourth-order valence-corrected chi connectivity index (χ4v) is 6.12. The van der Waals surface area contributed by atoms with E-state index in [1.807, 2.05) is 49.4 Å². The van der Waals surface area contributed by atoms with Crippen LogP contribution >= 0.6 is 11.8 Å². The maximum atomic E-state index is 14.2. The fraction of sp³-hybridized carbons (Fsp3) is 0.259. The number of nitrogens with zero attached hydrogens (tertiary/aromatic N) is 2. The Morgan fingerprint density at radius 1 is 1.00 bits per heavy atom. The number of hydrogen-bond acceptors (Lipinski definition) is 5. The van der Waals surface area contributed by atoms with E-state index in [-0.39, 0.29) is 11.8 Å². The fourth-order valence-electron chi connectivity index (χ4n) is 4.67. The molecular weight excluding hydrogens is 448 g/mol. The third kappa shape index (κ3) is 3.51. The van der Waals surface area contributed by atoms with Crippen molar-refractivity contribution in [2.75, 3.05) is 31.4 Å². The van der Waals surface area contributed by atoms with Crippen molar-refractivity contribution in [3.8, 4) is 11.5 Å². The Balaban J connectivity index is 1.59. The summed E-state index contributed by atoms with van der Waals surface area (Å²) in [5.41, 5.74) is 4.30. The van der Waals surface area contributed by atoms with Crippen LogP contribution in [0.5, 0.6) is 11.5 Å². The Kier molecular flexibility index (Phi) is 5.73. The molecule has 5 rings (SSSR count). The highest BCUT2D eigenvalue weighted by atomic mass is 32.2. The first kappa shape index (κ1) is 22.3. The first-order valence-electron chi connectivity index (χ1n) is 11.1. The zero-order chi connectivity index (χ0) is 23.9. The highest BCUT2D eigenvalue weighted by molar-refractivity contribution is 8.01. The molecule has 2 aliphatic heterocycles. The van der Waals surface area contributed by atoms with Gasteiger partial charge in [0.15, 0.2) is 4.87 Å². The second kappa shape index (κ2) is 8.72. The minimum Gasteiger partial charge on any atom is -0.497 e. The molecule has 1 atom stereocenters. The lowest BCUT2D eigenvalue weighted by molar-refractivity contribution is -0.123. The molecule has 3 aromatic rings. The third-order valence-electron chi connectivity index (χ3n) is 6.42. The summed E-state index contributed by atoms with van der Waals surface area (Å²) >= 11 is 1.51. The lowest BCUT2D eigenvalue weighted by atomic mass is 10.0. The summed E-state index contributed by atoms with van der Waals surface area (Å²) in [4.78, 5) is 30.3. The van der Waals surface area contributed by atoms with Gasteiger partial charge in [0.1, 0.15) is 11.5 Å². The second-order valence-electron chi connectivity index (χ2n) is 8.44. The molecule has 6 nitrogen and oxygen atoms in total. The van der Waals surface area contributed by atoms with Crippen molar-refractivity contribution in [3.05, 3.63) is 89.0 Å². The van der Waals surface area contributed by atoms with Crippen LogP contribution in [0.2, 0.25) is 0 Å². The molecule has 34 heavy (non-hydrogen) atoms. The predicted molar refractivity (Wildman–Crippen MR) is 134 cm³/mol. The maximum Gasteiger partial charge on any atom is 0.268 e. The van der Waals surface area contributed by atoms with Crippen molar-refractivity contribution in [3.63, 3.8) is 0 Å². The summed E-state index contributed by atoms with van der Waals surface area (Å²) in [6.45, 7) is 2.95. The topological polar surface area (TPSA) is 59.1 Å². The SMILES string of the molecule is COc1cccc(C(=O)N2CCSC23C(=O)N(Cc2ccc(C)cc2)c2ccc(OC)cc23)c1. The Morgan fingerprint density at radius 2 is 1.74 bits per heavy atom. The summed E-state index contributed by atoms with van der Waals surface area (Å²) in [5, 5.41) is 0. The van der Waals surface area contributed by atoms with Crippen molar-refractivity contribution in [1.82, 2.24) is 4.90 Å². The zero-order valence-electron chi connectivity index (χ0n) is 19.4. The summed E-state index contributed by atoms with van der Waals surface area (Å²) in [6, 6.07) is 20.9.